The predicted molar refractivity (Wildman–Crippen MR) is 80.3 cm³/mol. The van der Waals surface area contributed by atoms with Crippen LogP contribution >= 0.6 is 0 Å². The maximum atomic E-state index is 12.9. The molecule has 0 aliphatic heterocycles. The van der Waals surface area contributed by atoms with E-state index in [1.165, 1.54) is 42.4 Å². The highest BCUT2D eigenvalue weighted by Crippen LogP contribution is 2.39. The number of carbonyl (C=O) groups excluding carboxylic acids is 1. The highest BCUT2D eigenvalue weighted by Gasteiger charge is 2.29. The summed E-state index contributed by atoms with van der Waals surface area (Å²) in [6, 6.07) is 14.5. The molecular weight excluding hydrogens is 244 g/mol. The van der Waals surface area contributed by atoms with Crippen LogP contribution in [0.4, 0.5) is 0 Å². The standard InChI is InChI=1S/C19H18O/c20-19-17-10-4-3-8-14(17)12-15-9-5-11-16(18(15)19)13-6-1-2-7-13/h3-5,8-11,13H,1-2,6-7,12H2. The summed E-state index contributed by atoms with van der Waals surface area (Å²) in [5, 5.41) is 0. The van der Waals surface area contributed by atoms with Crippen molar-refractivity contribution in [1.29, 1.82) is 0 Å². The molecule has 1 nitrogen and oxygen atoms in total. The van der Waals surface area contributed by atoms with Gasteiger partial charge in [0, 0.05) is 11.1 Å². The van der Waals surface area contributed by atoms with Crippen molar-refractivity contribution in [2.45, 2.75) is 38.0 Å². The first-order valence-corrected chi connectivity index (χ1v) is 7.59. The molecule has 0 heterocycles. The zero-order chi connectivity index (χ0) is 13.5. The molecule has 0 bridgehead atoms. The summed E-state index contributed by atoms with van der Waals surface area (Å²) in [6.07, 6.45) is 5.99. The van der Waals surface area contributed by atoms with Gasteiger partial charge in [0.05, 0.1) is 0 Å². The maximum Gasteiger partial charge on any atom is 0.193 e. The summed E-state index contributed by atoms with van der Waals surface area (Å²) >= 11 is 0. The fraction of sp³-hybridized carbons (Fsp3) is 0.316. The van der Waals surface area contributed by atoms with Crippen LogP contribution in [0.3, 0.4) is 0 Å². The molecule has 0 unspecified atom stereocenters. The fourth-order valence-electron chi connectivity index (χ4n) is 3.86. The normalized spacial score (nSPS) is 17.9. The van der Waals surface area contributed by atoms with E-state index < -0.39 is 0 Å². The summed E-state index contributed by atoms with van der Waals surface area (Å²) < 4.78 is 0. The van der Waals surface area contributed by atoms with Crippen molar-refractivity contribution in [1.82, 2.24) is 0 Å². The van der Waals surface area contributed by atoms with Gasteiger partial charge in [-0.1, -0.05) is 55.3 Å². The van der Waals surface area contributed by atoms with Gasteiger partial charge in [0.2, 0.25) is 0 Å². The van der Waals surface area contributed by atoms with Crippen molar-refractivity contribution in [3.05, 3.63) is 70.3 Å². The summed E-state index contributed by atoms with van der Waals surface area (Å²) in [6.45, 7) is 0. The summed E-state index contributed by atoms with van der Waals surface area (Å²) in [4.78, 5) is 12.9. The molecule has 2 aliphatic carbocycles. The number of hydrogen-bond donors (Lipinski definition) is 0. The Labute approximate surface area is 119 Å². The van der Waals surface area contributed by atoms with E-state index in [4.69, 9.17) is 0 Å². The Morgan fingerprint density at radius 1 is 0.850 bits per heavy atom. The summed E-state index contributed by atoms with van der Waals surface area (Å²) in [7, 11) is 0. The first-order chi connectivity index (χ1) is 9.84. The molecule has 0 atom stereocenters. The van der Waals surface area contributed by atoms with Crippen LogP contribution in [0.2, 0.25) is 0 Å². The predicted octanol–water partition coefficient (Wildman–Crippen LogP) is 4.48. The first-order valence-electron chi connectivity index (χ1n) is 7.59. The Hall–Kier alpha value is -1.89. The molecule has 0 radical (unpaired) electrons. The van der Waals surface area contributed by atoms with Crippen LogP contribution in [0, 0.1) is 0 Å². The molecule has 2 aromatic carbocycles. The third-order valence-corrected chi connectivity index (χ3v) is 4.85. The molecule has 0 spiro atoms. The number of rotatable bonds is 1. The van der Waals surface area contributed by atoms with Crippen LogP contribution in [-0.2, 0) is 6.42 Å². The Bertz CT molecular complexity index is 678. The van der Waals surface area contributed by atoms with Crippen LogP contribution in [0.25, 0.3) is 0 Å². The Morgan fingerprint density at radius 3 is 2.45 bits per heavy atom. The summed E-state index contributed by atoms with van der Waals surface area (Å²) in [5.74, 6) is 0.837. The van der Waals surface area contributed by atoms with Gasteiger partial charge in [-0.05, 0) is 41.9 Å². The van der Waals surface area contributed by atoms with E-state index in [0.29, 0.717) is 5.92 Å². The van der Waals surface area contributed by atoms with Crippen LogP contribution in [0.15, 0.2) is 42.5 Å². The van der Waals surface area contributed by atoms with Gasteiger partial charge in [-0.3, -0.25) is 4.79 Å². The molecule has 1 heteroatoms. The summed E-state index contributed by atoms with van der Waals surface area (Å²) in [5.41, 5.74) is 5.62. The molecule has 100 valence electrons. The van der Waals surface area contributed by atoms with Crippen LogP contribution in [0.1, 0.15) is 64.2 Å². The molecule has 2 aliphatic rings. The van der Waals surface area contributed by atoms with E-state index in [1.54, 1.807) is 0 Å². The van der Waals surface area contributed by atoms with E-state index in [-0.39, 0.29) is 5.78 Å². The zero-order valence-corrected chi connectivity index (χ0v) is 11.6. The topological polar surface area (TPSA) is 17.1 Å². The smallest absolute Gasteiger partial charge is 0.193 e. The molecule has 1 saturated carbocycles. The largest absolute Gasteiger partial charge is 0.289 e. The lowest BCUT2D eigenvalue weighted by molar-refractivity contribution is 0.103. The van der Waals surface area contributed by atoms with E-state index in [9.17, 15) is 4.79 Å². The molecule has 0 amide bonds. The number of fused-ring (bicyclic) bond motifs is 2. The third-order valence-electron chi connectivity index (χ3n) is 4.85. The minimum absolute atomic E-state index is 0.240. The maximum absolute atomic E-state index is 12.9. The number of benzene rings is 2. The van der Waals surface area contributed by atoms with Gasteiger partial charge in [0.15, 0.2) is 5.78 Å². The zero-order valence-electron chi connectivity index (χ0n) is 11.6. The minimum atomic E-state index is 0.240. The van der Waals surface area contributed by atoms with Gasteiger partial charge in [0.25, 0.3) is 0 Å². The lowest BCUT2D eigenvalue weighted by Gasteiger charge is -2.23. The van der Waals surface area contributed by atoms with Gasteiger partial charge < -0.3 is 0 Å². The first kappa shape index (κ1) is 11.9. The van der Waals surface area contributed by atoms with Crippen LogP contribution in [-0.4, -0.2) is 5.78 Å². The van der Waals surface area contributed by atoms with Gasteiger partial charge in [-0.15, -0.1) is 0 Å². The minimum Gasteiger partial charge on any atom is -0.289 e. The fourth-order valence-corrected chi connectivity index (χ4v) is 3.86. The molecule has 20 heavy (non-hydrogen) atoms. The van der Waals surface area contributed by atoms with Gasteiger partial charge in [0.1, 0.15) is 0 Å². The van der Waals surface area contributed by atoms with Crippen molar-refractivity contribution in [3.8, 4) is 0 Å². The van der Waals surface area contributed by atoms with Crippen molar-refractivity contribution >= 4 is 5.78 Å². The van der Waals surface area contributed by atoms with E-state index >= 15 is 0 Å². The average Bonchev–Trinajstić information content (AvgIpc) is 3.01. The van der Waals surface area contributed by atoms with Crippen molar-refractivity contribution in [2.24, 2.45) is 0 Å². The van der Waals surface area contributed by atoms with Gasteiger partial charge >= 0.3 is 0 Å². The van der Waals surface area contributed by atoms with Gasteiger partial charge in [-0.25, -0.2) is 0 Å². The van der Waals surface area contributed by atoms with Crippen molar-refractivity contribution < 1.29 is 4.79 Å². The second-order valence-electron chi connectivity index (χ2n) is 6.03. The highest BCUT2D eigenvalue weighted by atomic mass is 16.1. The Kier molecular flexibility index (Phi) is 2.73. The third kappa shape index (κ3) is 1.73. The molecular formula is C19H18O. The lowest BCUT2D eigenvalue weighted by atomic mass is 9.79. The molecule has 4 rings (SSSR count). The van der Waals surface area contributed by atoms with Crippen LogP contribution in [0.5, 0.6) is 0 Å². The Balaban J connectivity index is 1.87. The van der Waals surface area contributed by atoms with Gasteiger partial charge in [-0.2, -0.15) is 0 Å². The van der Waals surface area contributed by atoms with Crippen LogP contribution < -0.4 is 0 Å². The average molecular weight is 262 g/mol. The number of carbonyl (C=O) groups is 1. The van der Waals surface area contributed by atoms with Crippen molar-refractivity contribution in [3.63, 3.8) is 0 Å². The second kappa shape index (κ2) is 4.59. The van der Waals surface area contributed by atoms with Crippen molar-refractivity contribution in [2.75, 3.05) is 0 Å². The molecule has 2 aromatic rings. The monoisotopic (exact) mass is 262 g/mol. The molecule has 1 fully saturated rings. The quantitative estimate of drug-likeness (QED) is 0.632. The molecule has 0 saturated heterocycles. The Morgan fingerprint density at radius 2 is 1.60 bits per heavy atom. The second-order valence-corrected chi connectivity index (χ2v) is 6.03. The van der Waals surface area contributed by atoms with E-state index in [2.05, 4.69) is 24.3 Å². The number of hydrogen-bond acceptors (Lipinski definition) is 1. The van der Waals surface area contributed by atoms with E-state index in [0.717, 1.165) is 17.5 Å². The number of ketones is 1. The highest BCUT2D eigenvalue weighted by molar-refractivity contribution is 6.13. The van der Waals surface area contributed by atoms with E-state index in [1.807, 2.05) is 18.2 Å². The lowest BCUT2D eigenvalue weighted by Crippen LogP contribution is -2.18. The SMILES string of the molecule is O=C1c2ccccc2Cc2cccc(C3CCCC3)c21. The molecule has 0 N–H and O–H groups in total. The molecule has 0 aromatic heterocycles.